The average Bonchev–Trinajstić information content (AvgIpc) is 2.82. The number of anilines is 1. The van der Waals surface area contributed by atoms with E-state index in [1.54, 1.807) is 28.8 Å². The minimum absolute atomic E-state index is 0.233. The van der Waals surface area contributed by atoms with Crippen molar-refractivity contribution in [1.82, 2.24) is 4.57 Å². The largest absolute Gasteiger partial charge is 0.459 e. The topological polar surface area (TPSA) is 118 Å². The van der Waals surface area contributed by atoms with E-state index in [4.69, 9.17) is 14.6 Å². The molecule has 2 N–H and O–H groups in total. The molecule has 178 valence electrons. The number of carbonyl (C=O) groups is 2. The molecule has 0 bridgehead atoms. The zero-order valence-corrected chi connectivity index (χ0v) is 19.1. The number of benzene rings is 2. The fraction of sp³-hybridized carbons (Fsp3) is 0.240. The molecule has 1 unspecified atom stereocenters. The van der Waals surface area contributed by atoms with E-state index in [2.05, 4.69) is 0 Å². The maximum atomic E-state index is 12.8. The minimum atomic E-state index is -1.24. The summed E-state index contributed by atoms with van der Waals surface area (Å²) < 4.78 is 11.7. The Labute approximate surface area is 196 Å². The molecule has 3 aromatic rings. The van der Waals surface area contributed by atoms with Crippen molar-refractivity contribution in [3.63, 3.8) is 0 Å². The maximum Gasteiger partial charge on any atom is 0.343 e. The monoisotopic (exact) mass is 466 g/mol. The lowest BCUT2D eigenvalue weighted by molar-refractivity contribution is -0.131. The highest BCUT2D eigenvalue weighted by Crippen LogP contribution is 2.26. The van der Waals surface area contributed by atoms with Gasteiger partial charge in [-0.3, -0.25) is 9.59 Å². The zero-order valence-electron chi connectivity index (χ0n) is 19.1. The van der Waals surface area contributed by atoms with E-state index in [1.165, 1.54) is 19.2 Å². The van der Waals surface area contributed by atoms with Gasteiger partial charge in [-0.2, -0.15) is 0 Å². The Bertz CT molecular complexity index is 1220. The van der Waals surface area contributed by atoms with Gasteiger partial charge in [0.25, 0.3) is 0 Å². The van der Waals surface area contributed by atoms with E-state index in [-0.39, 0.29) is 5.56 Å². The first-order chi connectivity index (χ1) is 16.2. The van der Waals surface area contributed by atoms with Gasteiger partial charge in [0.15, 0.2) is 5.43 Å². The Morgan fingerprint density at radius 2 is 1.71 bits per heavy atom. The molecule has 0 aliphatic rings. The summed E-state index contributed by atoms with van der Waals surface area (Å²) in [4.78, 5) is 38.5. The summed E-state index contributed by atoms with van der Waals surface area (Å²) in [6, 6.07) is 15.5. The van der Waals surface area contributed by atoms with Gasteiger partial charge in [0, 0.05) is 44.7 Å². The third kappa shape index (κ3) is 5.89. The van der Waals surface area contributed by atoms with Crippen molar-refractivity contribution in [3.8, 4) is 22.7 Å². The van der Waals surface area contributed by atoms with Crippen LogP contribution in [-0.4, -0.2) is 60.1 Å². The number of aliphatic hydroxyl groups excluding tert-OH is 2. The molecule has 1 heterocycles. The van der Waals surface area contributed by atoms with E-state index in [1.807, 2.05) is 43.3 Å². The van der Waals surface area contributed by atoms with Crippen LogP contribution in [-0.2, 0) is 9.53 Å². The third-order valence-corrected chi connectivity index (χ3v) is 4.94. The van der Waals surface area contributed by atoms with Gasteiger partial charge in [-0.1, -0.05) is 12.1 Å². The molecule has 0 amide bonds. The molecule has 0 fully saturated rings. The Balaban J connectivity index is 2.09. The van der Waals surface area contributed by atoms with Crippen LogP contribution in [0.4, 0.5) is 5.69 Å². The number of nitrogens with zero attached hydrogens (tertiary/aromatic N) is 2. The number of hydrogen-bond acceptors (Lipinski definition) is 8. The third-order valence-electron chi connectivity index (χ3n) is 4.94. The van der Waals surface area contributed by atoms with Gasteiger partial charge in [-0.05, 0) is 42.0 Å². The van der Waals surface area contributed by atoms with Crippen molar-refractivity contribution in [2.45, 2.75) is 13.0 Å². The lowest BCUT2D eigenvalue weighted by Crippen LogP contribution is -2.25. The lowest BCUT2D eigenvalue weighted by atomic mass is 10.1. The van der Waals surface area contributed by atoms with Crippen LogP contribution < -0.4 is 15.1 Å². The van der Waals surface area contributed by atoms with Crippen LogP contribution >= 0.6 is 0 Å². The molecule has 2 aromatic carbocycles. The van der Waals surface area contributed by atoms with E-state index in [0.29, 0.717) is 17.1 Å². The molecule has 9 nitrogen and oxygen atoms in total. The fourth-order valence-electron chi connectivity index (χ4n) is 3.20. The molecule has 1 atom stereocenters. The molecule has 0 aliphatic heterocycles. The standard InChI is InChI=1S/C25H26N2O7/c1-16(29)34-21-10-8-19(9-11-21)27-13-22(25(32)33-15-20(30)14-28)24(31)12-23(27)17-4-6-18(7-5-17)26(2)3/h4-13,20,28,30H,14-15H2,1-3H3. The van der Waals surface area contributed by atoms with Crippen molar-refractivity contribution in [2.75, 3.05) is 32.2 Å². The minimum Gasteiger partial charge on any atom is -0.459 e. The second-order valence-corrected chi connectivity index (χ2v) is 7.77. The summed E-state index contributed by atoms with van der Waals surface area (Å²) in [5, 5.41) is 18.4. The van der Waals surface area contributed by atoms with Crippen LogP contribution in [0.25, 0.3) is 16.9 Å². The normalized spacial score (nSPS) is 11.6. The summed E-state index contributed by atoms with van der Waals surface area (Å²) in [6.45, 7) is 0.282. The predicted molar refractivity (Wildman–Crippen MR) is 126 cm³/mol. The van der Waals surface area contributed by atoms with Crippen molar-refractivity contribution in [1.29, 1.82) is 0 Å². The molecule has 0 aliphatic carbocycles. The molecular formula is C25H26N2O7. The number of pyridine rings is 1. The number of carbonyl (C=O) groups excluding carboxylic acids is 2. The summed E-state index contributed by atoms with van der Waals surface area (Å²) in [5.41, 5.74) is 2.06. The Kier molecular flexibility index (Phi) is 7.83. The quantitative estimate of drug-likeness (QED) is 0.382. The van der Waals surface area contributed by atoms with Crippen molar-refractivity contribution in [3.05, 3.63) is 76.6 Å². The second kappa shape index (κ2) is 10.8. The highest BCUT2D eigenvalue weighted by atomic mass is 16.5. The van der Waals surface area contributed by atoms with E-state index < -0.39 is 36.7 Å². The molecular weight excluding hydrogens is 440 g/mol. The van der Waals surface area contributed by atoms with Crippen LogP contribution in [0, 0.1) is 0 Å². The van der Waals surface area contributed by atoms with Crippen LogP contribution in [0.3, 0.4) is 0 Å². The molecule has 9 heteroatoms. The number of aromatic nitrogens is 1. The van der Waals surface area contributed by atoms with E-state index in [0.717, 1.165) is 11.3 Å². The molecule has 1 aromatic heterocycles. The Morgan fingerprint density at radius 3 is 2.26 bits per heavy atom. The van der Waals surface area contributed by atoms with Gasteiger partial charge >= 0.3 is 11.9 Å². The van der Waals surface area contributed by atoms with E-state index in [9.17, 15) is 19.5 Å². The SMILES string of the molecule is CC(=O)Oc1ccc(-n2cc(C(=O)OCC(O)CO)c(=O)cc2-c2ccc(N(C)C)cc2)cc1. The van der Waals surface area contributed by atoms with Gasteiger partial charge in [-0.15, -0.1) is 0 Å². The first kappa shape index (κ1) is 24.7. The van der Waals surface area contributed by atoms with Gasteiger partial charge < -0.3 is 29.2 Å². The Morgan fingerprint density at radius 1 is 1.06 bits per heavy atom. The highest BCUT2D eigenvalue weighted by molar-refractivity contribution is 5.89. The molecule has 34 heavy (non-hydrogen) atoms. The number of hydrogen-bond donors (Lipinski definition) is 2. The first-order valence-electron chi connectivity index (χ1n) is 10.5. The predicted octanol–water partition coefficient (Wildman–Crippen LogP) is 2.01. The molecule has 3 rings (SSSR count). The zero-order chi connectivity index (χ0) is 24.8. The van der Waals surface area contributed by atoms with Gasteiger partial charge in [0.2, 0.25) is 0 Å². The number of ether oxygens (including phenoxy) is 2. The second-order valence-electron chi connectivity index (χ2n) is 7.77. The van der Waals surface area contributed by atoms with Gasteiger partial charge in [0.1, 0.15) is 24.0 Å². The van der Waals surface area contributed by atoms with Crippen molar-refractivity contribution in [2.24, 2.45) is 0 Å². The summed E-state index contributed by atoms with van der Waals surface area (Å²) >= 11 is 0. The Hall–Kier alpha value is -3.95. The first-order valence-corrected chi connectivity index (χ1v) is 10.5. The number of aliphatic hydroxyl groups is 2. The summed E-state index contributed by atoms with van der Waals surface area (Å²) in [7, 11) is 3.84. The summed E-state index contributed by atoms with van der Waals surface area (Å²) in [6.07, 6.45) is 0.126. The van der Waals surface area contributed by atoms with Crippen LogP contribution in [0.15, 0.2) is 65.6 Å². The van der Waals surface area contributed by atoms with Crippen LogP contribution in [0.1, 0.15) is 17.3 Å². The van der Waals surface area contributed by atoms with Gasteiger partial charge in [-0.25, -0.2) is 4.79 Å². The fourth-order valence-corrected chi connectivity index (χ4v) is 3.20. The maximum absolute atomic E-state index is 12.8. The number of esters is 2. The molecule has 0 spiro atoms. The summed E-state index contributed by atoms with van der Waals surface area (Å²) in [5.74, 6) is -1.02. The lowest BCUT2D eigenvalue weighted by Gasteiger charge is -2.17. The van der Waals surface area contributed by atoms with Crippen LogP contribution in [0.5, 0.6) is 5.75 Å². The smallest absolute Gasteiger partial charge is 0.343 e. The highest BCUT2D eigenvalue weighted by Gasteiger charge is 2.18. The molecule has 0 saturated carbocycles. The molecule has 0 saturated heterocycles. The van der Waals surface area contributed by atoms with Crippen molar-refractivity contribution < 1.29 is 29.3 Å². The average molecular weight is 466 g/mol. The number of rotatable bonds is 8. The molecule has 0 radical (unpaired) electrons. The van der Waals surface area contributed by atoms with Gasteiger partial charge in [0.05, 0.1) is 12.3 Å². The van der Waals surface area contributed by atoms with Crippen molar-refractivity contribution >= 4 is 17.6 Å². The van der Waals surface area contributed by atoms with Crippen LogP contribution in [0.2, 0.25) is 0 Å². The van der Waals surface area contributed by atoms with E-state index >= 15 is 0 Å².